The molecule has 4 aliphatic rings. The van der Waals surface area contributed by atoms with Gasteiger partial charge >= 0.3 is 0 Å². The number of carbonyl (C=O) groups excluding carboxylic acids is 3. The second-order valence-electron chi connectivity index (χ2n) is 13.8. The zero-order valence-corrected chi connectivity index (χ0v) is 27.4. The molecule has 8 heteroatoms. The summed E-state index contributed by atoms with van der Waals surface area (Å²) in [7, 11) is 0. The van der Waals surface area contributed by atoms with Crippen molar-refractivity contribution in [3.8, 4) is 0 Å². The van der Waals surface area contributed by atoms with E-state index in [1.165, 1.54) is 0 Å². The van der Waals surface area contributed by atoms with Crippen molar-refractivity contribution in [1.82, 2.24) is 9.80 Å². The summed E-state index contributed by atoms with van der Waals surface area (Å²) < 4.78 is 7.05. The van der Waals surface area contributed by atoms with Gasteiger partial charge < -0.3 is 24.5 Å². The molecule has 0 aromatic heterocycles. The van der Waals surface area contributed by atoms with Crippen LogP contribution in [-0.2, 0) is 32.1 Å². The molecule has 6 atom stereocenters. The van der Waals surface area contributed by atoms with E-state index >= 15 is 9.59 Å². The van der Waals surface area contributed by atoms with Crippen molar-refractivity contribution in [3.63, 3.8) is 0 Å². The average Bonchev–Trinajstić information content (AvgIpc) is 3.40. The van der Waals surface area contributed by atoms with E-state index in [4.69, 9.17) is 4.74 Å². The monoisotopic (exact) mass is 653 g/mol. The van der Waals surface area contributed by atoms with Crippen LogP contribution in [0.15, 0.2) is 127 Å². The summed E-state index contributed by atoms with van der Waals surface area (Å²) in [6.45, 7) is 2.53. The van der Waals surface area contributed by atoms with Gasteiger partial charge in [-0.05, 0) is 47.4 Å². The normalized spacial score (nSPS) is 28.3. The molecule has 4 heterocycles. The second-order valence-corrected chi connectivity index (χ2v) is 13.8. The lowest BCUT2D eigenvalue weighted by atomic mass is 9.74. The van der Waals surface area contributed by atoms with Gasteiger partial charge in [-0.15, -0.1) is 0 Å². The van der Waals surface area contributed by atoms with Crippen LogP contribution in [0.2, 0.25) is 0 Å². The molecule has 8 nitrogen and oxygen atoms in total. The third-order valence-corrected chi connectivity index (χ3v) is 10.8. The highest BCUT2D eigenvalue weighted by atomic mass is 16.5. The number of carbonyl (C=O) groups is 3. The van der Waals surface area contributed by atoms with Crippen molar-refractivity contribution in [1.29, 1.82) is 0 Å². The Morgan fingerprint density at radius 3 is 2.16 bits per heavy atom. The van der Waals surface area contributed by atoms with Crippen LogP contribution in [0, 0.1) is 11.8 Å². The highest BCUT2D eigenvalue weighted by Crippen LogP contribution is 2.58. The Balaban J connectivity index is 1.24. The van der Waals surface area contributed by atoms with Gasteiger partial charge in [0, 0.05) is 25.3 Å². The lowest BCUT2D eigenvalue weighted by Crippen LogP contribution is -2.59. The number of amides is 3. The maximum absolute atomic E-state index is 15.1. The lowest BCUT2D eigenvalue weighted by molar-refractivity contribution is -0.151. The minimum atomic E-state index is -1.43. The summed E-state index contributed by atoms with van der Waals surface area (Å²) in [4.78, 5) is 49.9. The van der Waals surface area contributed by atoms with Crippen molar-refractivity contribution in [3.05, 3.63) is 139 Å². The fourth-order valence-corrected chi connectivity index (χ4v) is 8.56. The topological polar surface area (TPSA) is 90.4 Å². The van der Waals surface area contributed by atoms with E-state index < -0.39 is 35.1 Å². The van der Waals surface area contributed by atoms with E-state index in [2.05, 4.69) is 0 Å². The van der Waals surface area contributed by atoms with Crippen LogP contribution in [0.1, 0.15) is 18.1 Å². The van der Waals surface area contributed by atoms with Crippen molar-refractivity contribution in [2.75, 3.05) is 24.6 Å². The molecule has 8 rings (SSSR count). The number of benzene rings is 4. The molecule has 4 aliphatic heterocycles. The molecule has 0 saturated carbocycles. The Labute approximate surface area is 285 Å². The minimum Gasteiger partial charge on any atom is -0.394 e. The largest absolute Gasteiger partial charge is 0.394 e. The highest BCUT2D eigenvalue weighted by molar-refractivity contribution is 6.07. The molecule has 49 heavy (non-hydrogen) atoms. The molecule has 1 spiro atoms. The molecule has 1 N–H and O–H groups in total. The summed E-state index contributed by atoms with van der Waals surface area (Å²) in [6.07, 6.45) is 7.93. The van der Waals surface area contributed by atoms with Gasteiger partial charge in [0.1, 0.15) is 11.6 Å². The SMILES string of the molecule is C[C@@]12C=CCN(Cc3ccccc3)C(=O)[C@@H]1[C@H]1C(=O)N([C@@H](CO)Cc3ccccc3)C3C(=O)N(c4ccc5ccccc5c4)CC=C[C@@]31O2. The van der Waals surface area contributed by atoms with Crippen molar-refractivity contribution >= 4 is 34.2 Å². The molecular formula is C41H39N3O5. The Kier molecular flexibility index (Phi) is 7.73. The van der Waals surface area contributed by atoms with Gasteiger partial charge in [-0.1, -0.05) is 115 Å². The van der Waals surface area contributed by atoms with Crippen LogP contribution >= 0.6 is 0 Å². The zero-order chi connectivity index (χ0) is 33.8. The number of aliphatic hydroxyl groups excluding tert-OH is 1. The van der Waals surface area contributed by atoms with E-state index in [1.807, 2.05) is 134 Å². The zero-order valence-electron chi connectivity index (χ0n) is 27.4. The van der Waals surface area contributed by atoms with Crippen molar-refractivity contribution in [2.45, 2.75) is 43.2 Å². The van der Waals surface area contributed by atoms with E-state index in [9.17, 15) is 9.90 Å². The molecule has 0 aliphatic carbocycles. The van der Waals surface area contributed by atoms with Crippen LogP contribution in [0.4, 0.5) is 5.69 Å². The lowest BCUT2D eigenvalue weighted by Gasteiger charge is -2.40. The van der Waals surface area contributed by atoms with Gasteiger partial charge in [0.15, 0.2) is 0 Å². The first-order valence-electron chi connectivity index (χ1n) is 17.0. The number of ether oxygens (including phenoxy) is 1. The summed E-state index contributed by atoms with van der Waals surface area (Å²) in [5.41, 5.74) is 0.0471. The number of anilines is 1. The number of hydrogen-bond acceptors (Lipinski definition) is 5. The van der Waals surface area contributed by atoms with Gasteiger partial charge in [-0.2, -0.15) is 0 Å². The Morgan fingerprint density at radius 2 is 1.43 bits per heavy atom. The predicted molar refractivity (Wildman–Crippen MR) is 187 cm³/mol. The molecular weight excluding hydrogens is 614 g/mol. The highest BCUT2D eigenvalue weighted by Gasteiger charge is 2.75. The first-order chi connectivity index (χ1) is 23.8. The number of fused-ring (bicyclic) bond motifs is 3. The Bertz CT molecular complexity index is 1980. The summed E-state index contributed by atoms with van der Waals surface area (Å²) in [5.74, 6) is -2.70. The van der Waals surface area contributed by atoms with E-state index in [0.717, 1.165) is 21.9 Å². The second kappa shape index (κ2) is 12.1. The third kappa shape index (κ3) is 5.09. The van der Waals surface area contributed by atoms with Gasteiger partial charge in [0.05, 0.1) is 30.1 Å². The standard InChI is InChI=1S/C41H39N3O5/c1-40-20-10-22-42(26-29-14-6-3-7-15-29)37(46)34(40)35-38(47)44(33(27-45)24-28-12-4-2-5-13-28)36-39(48)43(23-11-21-41(35,36)49-40)32-19-18-30-16-8-9-17-31(30)25-32/h2-21,25,33-36,45H,22-24,26-27H2,1H3/t33-,34+,35+,36?,40-,41+/m1/s1. The first-order valence-corrected chi connectivity index (χ1v) is 17.0. The Morgan fingerprint density at radius 1 is 0.755 bits per heavy atom. The number of hydrogen-bond donors (Lipinski definition) is 1. The van der Waals surface area contributed by atoms with Crippen molar-refractivity contribution < 1.29 is 24.2 Å². The fraction of sp³-hybridized carbons (Fsp3) is 0.293. The number of likely N-dealkylation sites (tertiary alicyclic amines) is 1. The van der Waals surface area contributed by atoms with Gasteiger partial charge in [0.25, 0.3) is 5.91 Å². The van der Waals surface area contributed by atoms with Crippen LogP contribution in [0.3, 0.4) is 0 Å². The molecule has 4 aromatic carbocycles. The average molecular weight is 654 g/mol. The summed E-state index contributed by atoms with van der Waals surface area (Å²) >= 11 is 0. The van der Waals surface area contributed by atoms with Gasteiger partial charge in [-0.25, -0.2) is 0 Å². The number of rotatable bonds is 7. The van der Waals surface area contributed by atoms with E-state index in [-0.39, 0.29) is 30.9 Å². The first kappa shape index (κ1) is 31.2. The maximum atomic E-state index is 15.1. The fourth-order valence-electron chi connectivity index (χ4n) is 8.56. The van der Waals surface area contributed by atoms with E-state index in [1.54, 1.807) is 14.7 Å². The molecule has 3 amide bonds. The van der Waals surface area contributed by atoms with Crippen LogP contribution in [0.5, 0.6) is 0 Å². The minimum absolute atomic E-state index is 0.188. The Hall–Kier alpha value is -5.05. The molecule has 2 saturated heterocycles. The van der Waals surface area contributed by atoms with Crippen LogP contribution in [-0.4, -0.2) is 75.6 Å². The molecule has 4 aromatic rings. The van der Waals surface area contributed by atoms with Crippen LogP contribution < -0.4 is 4.90 Å². The third-order valence-electron chi connectivity index (χ3n) is 10.8. The quantitative estimate of drug-likeness (QED) is 0.286. The molecule has 0 bridgehead atoms. The molecule has 248 valence electrons. The van der Waals surface area contributed by atoms with Gasteiger partial charge in [0.2, 0.25) is 11.8 Å². The predicted octanol–water partition coefficient (Wildman–Crippen LogP) is 4.92. The van der Waals surface area contributed by atoms with Gasteiger partial charge in [-0.3, -0.25) is 14.4 Å². The maximum Gasteiger partial charge on any atom is 0.253 e. The summed E-state index contributed by atoms with van der Waals surface area (Å²) in [5, 5.41) is 12.9. The smallest absolute Gasteiger partial charge is 0.253 e. The molecule has 1 unspecified atom stereocenters. The van der Waals surface area contributed by atoms with E-state index in [0.29, 0.717) is 25.2 Å². The van der Waals surface area contributed by atoms with Crippen molar-refractivity contribution in [2.24, 2.45) is 11.8 Å². The molecule has 0 radical (unpaired) electrons. The molecule has 2 fully saturated rings. The number of aliphatic hydroxyl groups is 1. The summed E-state index contributed by atoms with van der Waals surface area (Å²) in [6, 6.07) is 31.5. The number of nitrogens with zero attached hydrogens (tertiary/aromatic N) is 3. The van der Waals surface area contributed by atoms with Crippen LogP contribution in [0.25, 0.3) is 10.8 Å².